The first-order valence-electron chi connectivity index (χ1n) is 12.5. The van der Waals surface area contributed by atoms with Crippen LogP contribution >= 0.6 is 0 Å². The van der Waals surface area contributed by atoms with Gasteiger partial charge in [0.05, 0.1) is 18.1 Å². The number of piperidine rings is 2. The minimum atomic E-state index is 0.515. The van der Waals surface area contributed by atoms with Gasteiger partial charge in [-0.15, -0.1) is 0 Å². The second kappa shape index (κ2) is 7.68. The van der Waals surface area contributed by atoms with E-state index in [4.69, 9.17) is 4.98 Å². The van der Waals surface area contributed by atoms with Crippen molar-refractivity contribution in [1.29, 1.82) is 0 Å². The van der Waals surface area contributed by atoms with Crippen LogP contribution < -0.4 is 10.2 Å². The molecule has 1 N–H and O–H groups in total. The second-order valence-corrected chi connectivity index (χ2v) is 11.3. The van der Waals surface area contributed by atoms with Crippen LogP contribution in [0.15, 0.2) is 24.5 Å². The Morgan fingerprint density at radius 3 is 2.38 bits per heavy atom. The zero-order valence-corrected chi connectivity index (χ0v) is 19.7. The van der Waals surface area contributed by atoms with E-state index in [-0.39, 0.29) is 0 Å². The highest BCUT2D eigenvalue weighted by molar-refractivity contribution is 5.58. The zero-order chi connectivity index (χ0) is 21.9. The van der Waals surface area contributed by atoms with E-state index < -0.39 is 0 Å². The molecule has 0 radical (unpaired) electrons. The van der Waals surface area contributed by atoms with Gasteiger partial charge in [0, 0.05) is 19.6 Å². The summed E-state index contributed by atoms with van der Waals surface area (Å²) in [5, 5.41) is 3.43. The number of aryl methyl sites for hydroxylation is 1. The van der Waals surface area contributed by atoms with E-state index in [1.54, 1.807) is 12.4 Å². The van der Waals surface area contributed by atoms with E-state index in [2.05, 4.69) is 51.1 Å². The monoisotopic (exact) mass is 432 g/mol. The molecule has 0 aromatic carbocycles. The molecule has 32 heavy (non-hydrogen) atoms. The SMILES string of the molecule is Cc1cnc(Nc2cc(C3CCN(CC4CC4)CC3)cc(N3CC4C(C3)C4(C)C)n2)cn1. The van der Waals surface area contributed by atoms with Crippen LogP contribution in [0.25, 0.3) is 0 Å². The van der Waals surface area contributed by atoms with Crippen molar-refractivity contribution < 1.29 is 0 Å². The third-order valence-electron chi connectivity index (χ3n) is 8.59. The molecule has 2 aliphatic carbocycles. The lowest BCUT2D eigenvalue weighted by Crippen LogP contribution is -2.34. The fourth-order valence-electron chi connectivity index (χ4n) is 6.02. The third kappa shape index (κ3) is 3.98. The summed E-state index contributed by atoms with van der Waals surface area (Å²) in [5.74, 6) is 6.03. The van der Waals surface area contributed by atoms with Gasteiger partial charge in [0.1, 0.15) is 17.5 Å². The molecule has 170 valence electrons. The summed E-state index contributed by atoms with van der Waals surface area (Å²) in [6, 6.07) is 4.64. The first-order valence-corrected chi connectivity index (χ1v) is 12.5. The summed E-state index contributed by atoms with van der Waals surface area (Å²) in [7, 11) is 0. The number of pyridine rings is 1. The molecule has 0 spiro atoms. The average molecular weight is 433 g/mol. The van der Waals surface area contributed by atoms with Gasteiger partial charge in [-0.2, -0.15) is 0 Å². The van der Waals surface area contributed by atoms with Crippen molar-refractivity contribution in [2.75, 3.05) is 42.9 Å². The molecule has 2 aromatic heterocycles. The summed E-state index contributed by atoms with van der Waals surface area (Å²) >= 11 is 0. The van der Waals surface area contributed by atoms with Crippen molar-refractivity contribution in [3.63, 3.8) is 0 Å². The quantitative estimate of drug-likeness (QED) is 0.720. The van der Waals surface area contributed by atoms with Gasteiger partial charge < -0.3 is 15.1 Å². The fourth-order valence-corrected chi connectivity index (χ4v) is 6.02. The summed E-state index contributed by atoms with van der Waals surface area (Å²) in [6.45, 7) is 12.8. The average Bonchev–Trinajstić information content (AvgIpc) is 3.61. The molecule has 4 heterocycles. The highest BCUT2D eigenvalue weighted by atomic mass is 15.3. The molecule has 4 aliphatic rings. The maximum atomic E-state index is 5.03. The maximum absolute atomic E-state index is 5.03. The van der Waals surface area contributed by atoms with Gasteiger partial charge in [-0.25, -0.2) is 9.97 Å². The lowest BCUT2D eigenvalue weighted by Gasteiger charge is -2.33. The van der Waals surface area contributed by atoms with Crippen LogP contribution in [-0.2, 0) is 0 Å². The van der Waals surface area contributed by atoms with Gasteiger partial charge in [-0.05, 0) is 92.5 Å². The number of hydrogen-bond acceptors (Lipinski definition) is 6. The molecule has 2 saturated heterocycles. The van der Waals surface area contributed by atoms with Gasteiger partial charge in [-0.3, -0.25) is 4.98 Å². The number of hydrogen-bond donors (Lipinski definition) is 1. The molecule has 6 rings (SSSR count). The zero-order valence-electron chi connectivity index (χ0n) is 19.7. The molecule has 6 heteroatoms. The Hall–Kier alpha value is -2.21. The van der Waals surface area contributed by atoms with Crippen molar-refractivity contribution in [3.8, 4) is 0 Å². The highest BCUT2D eigenvalue weighted by Gasteiger charge is 2.62. The normalized spacial score (nSPS) is 27.4. The Bertz CT molecular complexity index is 960. The Morgan fingerprint density at radius 2 is 1.72 bits per heavy atom. The Labute approximate surface area is 191 Å². The maximum Gasteiger partial charge on any atom is 0.150 e. The van der Waals surface area contributed by atoms with Crippen molar-refractivity contribution >= 4 is 17.5 Å². The van der Waals surface area contributed by atoms with E-state index in [1.165, 1.54) is 50.9 Å². The summed E-state index contributed by atoms with van der Waals surface area (Å²) < 4.78 is 0. The molecular weight excluding hydrogens is 396 g/mol. The molecule has 4 fully saturated rings. The first kappa shape index (κ1) is 20.4. The molecule has 2 aliphatic heterocycles. The van der Waals surface area contributed by atoms with E-state index in [0.717, 1.165) is 54.0 Å². The van der Waals surface area contributed by atoms with Gasteiger partial charge in [0.15, 0.2) is 0 Å². The number of nitrogens with zero attached hydrogens (tertiary/aromatic N) is 5. The molecule has 0 amide bonds. The van der Waals surface area contributed by atoms with Gasteiger partial charge in [-0.1, -0.05) is 13.8 Å². The Balaban J connectivity index is 1.22. The predicted molar refractivity (Wildman–Crippen MR) is 128 cm³/mol. The van der Waals surface area contributed by atoms with Crippen LogP contribution in [0.2, 0.25) is 0 Å². The van der Waals surface area contributed by atoms with Crippen LogP contribution in [0.4, 0.5) is 17.5 Å². The minimum absolute atomic E-state index is 0.515. The van der Waals surface area contributed by atoms with E-state index in [1.807, 2.05) is 6.92 Å². The molecule has 6 nitrogen and oxygen atoms in total. The van der Waals surface area contributed by atoms with Crippen LogP contribution in [-0.4, -0.2) is 52.6 Å². The largest absolute Gasteiger partial charge is 0.356 e. The van der Waals surface area contributed by atoms with E-state index in [9.17, 15) is 0 Å². The number of likely N-dealkylation sites (tertiary alicyclic amines) is 1. The van der Waals surface area contributed by atoms with Gasteiger partial charge >= 0.3 is 0 Å². The lowest BCUT2D eigenvalue weighted by molar-refractivity contribution is 0.204. The summed E-state index contributed by atoms with van der Waals surface area (Å²) in [6.07, 6.45) is 8.99. The fraction of sp³-hybridized carbons (Fsp3) is 0.654. The third-order valence-corrected chi connectivity index (χ3v) is 8.59. The smallest absolute Gasteiger partial charge is 0.150 e. The topological polar surface area (TPSA) is 57.2 Å². The van der Waals surface area contributed by atoms with E-state index in [0.29, 0.717) is 11.3 Å². The molecule has 2 saturated carbocycles. The number of fused-ring (bicyclic) bond motifs is 1. The van der Waals surface area contributed by atoms with Gasteiger partial charge in [0.25, 0.3) is 0 Å². The van der Waals surface area contributed by atoms with Crippen molar-refractivity contribution in [2.24, 2.45) is 23.2 Å². The van der Waals surface area contributed by atoms with Crippen molar-refractivity contribution in [1.82, 2.24) is 19.9 Å². The highest BCUT2D eigenvalue weighted by Crippen LogP contribution is 2.62. The molecule has 2 atom stereocenters. The van der Waals surface area contributed by atoms with E-state index >= 15 is 0 Å². The van der Waals surface area contributed by atoms with Crippen LogP contribution in [0.5, 0.6) is 0 Å². The van der Waals surface area contributed by atoms with Crippen LogP contribution in [0.1, 0.15) is 56.7 Å². The number of anilines is 3. The van der Waals surface area contributed by atoms with Crippen molar-refractivity contribution in [2.45, 2.75) is 52.4 Å². The second-order valence-electron chi connectivity index (χ2n) is 11.3. The van der Waals surface area contributed by atoms with Crippen molar-refractivity contribution in [3.05, 3.63) is 35.8 Å². The van der Waals surface area contributed by atoms with Gasteiger partial charge in [0.2, 0.25) is 0 Å². The molecule has 2 unspecified atom stereocenters. The summed E-state index contributed by atoms with van der Waals surface area (Å²) in [4.78, 5) is 19.1. The number of rotatable bonds is 6. The number of nitrogens with one attached hydrogen (secondary N) is 1. The first-order chi connectivity index (χ1) is 15.5. The standard InChI is InChI=1S/C26H36N6/c1-17-12-28-24(13-27-17)29-23-10-20(19-6-8-31(9-7-19)14-18-4-5-18)11-25(30-23)32-15-21-22(16-32)26(21,2)3/h10-13,18-19,21-22H,4-9,14-16H2,1-3H3,(H,28,29,30). The Kier molecular flexibility index (Phi) is 4.90. The van der Waals surface area contributed by atoms with Crippen LogP contribution in [0.3, 0.4) is 0 Å². The lowest BCUT2D eigenvalue weighted by atomic mass is 9.89. The molecule has 0 bridgehead atoms. The number of aromatic nitrogens is 3. The van der Waals surface area contributed by atoms with Crippen LogP contribution in [0, 0.1) is 30.1 Å². The predicted octanol–water partition coefficient (Wildman–Crippen LogP) is 4.61. The molecular formula is C26H36N6. The Morgan fingerprint density at radius 1 is 0.969 bits per heavy atom. The minimum Gasteiger partial charge on any atom is -0.356 e. The molecule has 2 aromatic rings. The summed E-state index contributed by atoms with van der Waals surface area (Å²) in [5.41, 5.74) is 2.87.